The molecule has 2 aromatic rings. The van der Waals surface area contributed by atoms with Gasteiger partial charge in [-0.2, -0.15) is 5.26 Å². The molecule has 0 bridgehead atoms. The van der Waals surface area contributed by atoms with Crippen molar-refractivity contribution < 1.29 is 9.53 Å². The van der Waals surface area contributed by atoms with Crippen LogP contribution in [0.5, 0.6) is 0 Å². The third-order valence-corrected chi connectivity index (χ3v) is 7.23. The summed E-state index contributed by atoms with van der Waals surface area (Å²) in [5.74, 6) is 2.05. The molecule has 34 heavy (non-hydrogen) atoms. The largest absolute Gasteiger partial charge is 0.383 e. The molecule has 0 spiro atoms. The fourth-order valence-corrected chi connectivity index (χ4v) is 5.59. The van der Waals surface area contributed by atoms with Gasteiger partial charge in [-0.05, 0) is 64.2 Å². The van der Waals surface area contributed by atoms with E-state index in [1.165, 1.54) is 6.42 Å². The number of carbonyl (C=O) groups excluding carboxylic acids is 1. The third kappa shape index (κ3) is 4.80. The minimum Gasteiger partial charge on any atom is -0.383 e. The van der Waals surface area contributed by atoms with Crippen molar-refractivity contribution in [2.75, 3.05) is 26.8 Å². The monoisotopic (exact) mass is 464 g/mol. The number of hydrogen-bond acceptors (Lipinski definition) is 5. The molecule has 0 saturated carbocycles. The van der Waals surface area contributed by atoms with Crippen LogP contribution in [0.3, 0.4) is 0 Å². The first-order valence-electron chi connectivity index (χ1n) is 12.4. The highest BCUT2D eigenvalue weighted by atomic mass is 16.5. The second-order valence-corrected chi connectivity index (χ2v) is 9.70. The Morgan fingerprint density at radius 2 is 2.09 bits per heavy atom. The molecule has 2 unspecified atom stereocenters. The first-order valence-corrected chi connectivity index (χ1v) is 12.4. The molecule has 4 rings (SSSR count). The van der Waals surface area contributed by atoms with Crippen molar-refractivity contribution in [1.82, 2.24) is 24.2 Å². The van der Waals surface area contributed by atoms with Crippen LogP contribution in [-0.4, -0.2) is 56.9 Å². The lowest BCUT2D eigenvalue weighted by Gasteiger charge is -2.32. The van der Waals surface area contributed by atoms with Crippen LogP contribution in [0, 0.1) is 25.2 Å². The molecule has 0 aromatic carbocycles. The number of hydrogen-bond donors (Lipinski definition) is 0. The number of rotatable bonds is 6. The smallest absolute Gasteiger partial charge is 0.264 e. The van der Waals surface area contributed by atoms with E-state index < -0.39 is 0 Å². The molecule has 1 fully saturated rings. The Morgan fingerprint density at radius 1 is 1.26 bits per heavy atom. The van der Waals surface area contributed by atoms with Crippen LogP contribution in [0.1, 0.15) is 79.6 Å². The standard InChI is InChI=1S/C26H36N6O2/c1-18-13-22(20(3)32(18)19(2)17-34-4)14-23(15-27)26(33)30-11-8-9-21(16-30)25-29-28-24-10-6-5-7-12-31(24)25/h13-14,19,21H,5-12,16-17H2,1-4H3/b23-14+. The lowest BCUT2D eigenvalue weighted by Crippen LogP contribution is -2.40. The Kier molecular flexibility index (Phi) is 7.52. The minimum absolute atomic E-state index is 0.164. The molecule has 0 aliphatic carbocycles. The van der Waals surface area contributed by atoms with Gasteiger partial charge in [0.2, 0.25) is 0 Å². The number of methoxy groups -OCH3 is 1. The van der Waals surface area contributed by atoms with Gasteiger partial charge in [0.05, 0.1) is 12.6 Å². The Morgan fingerprint density at radius 3 is 2.85 bits per heavy atom. The summed E-state index contributed by atoms with van der Waals surface area (Å²) in [5, 5.41) is 18.8. The molecular weight excluding hydrogens is 428 g/mol. The van der Waals surface area contributed by atoms with E-state index in [0.29, 0.717) is 19.7 Å². The number of aryl methyl sites for hydroxylation is 2. The second-order valence-electron chi connectivity index (χ2n) is 9.70. The zero-order valence-electron chi connectivity index (χ0n) is 20.9. The summed E-state index contributed by atoms with van der Waals surface area (Å²) >= 11 is 0. The molecule has 0 radical (unpaired) electrons. The van der Waals surface area contributed by atoms with E-state index in [1.807, 2.05) is 24.8 Å². The predicted octanol–water partition coefficient (Wildman–Crippen LogP) is 3.94. The van der Waals surface area contributed by atoms with Crippen molar-refractivity contribution in [3.63, 3.8) is 0 Å². The van der Waals surface area contributed by atoms with Crippen LogP contribution >= 0.6 is 0 Å². The Hall–Kier alpha value is -2.92. The van der Waals surface area contributed by atoms with E-state index in [4.69, 9.17) is 4.74 Å². The van der Waals surface area contributed by atoms with Crippen molar-refractivity contribution in [3.05, 3.63) is 40.2 Å². The molecule has 182 valence electrons. The summed E-state index contributed by atoms with van der Waals surface area (Å²) in [6.45, 7) is 8.98. The normalized spacial score (nSPS) is 19.9. The maximum absolute atomic E-state index is 13.4. The van der Waals surface area contributed by atoms with Gasteiger partial charge in [-0.15, -0.1) is 10.2 Å². The fraction of sp³-hybridized carbons (Fsp3) is 0.615. The Bertz CT molecular complexity index is 1110. The first kappa shape index (κ1) is 24.2. The maximum atomic E-state index is 13.4. The zero-order valence-corrected chi connectivity index (χ0v) is 20.9. The number of fused-ring (bicyclic) bond motifs is 1. The van der Waals surface area contributed by atoms with Crippen molar-refractivity contribution in [2.24, 2.45) is 0 Å². The number of carbonyl (C=O) groups is 1. The van der Waals surface area contributed by atoms with E-state index >= 15 is 0 Å². The molecule has 2 aliphatic rings. The van der Waals surface area contributed by atoms with Gasteiger partial charge in [-0.1, -0.05) is 6.42 Å². The fourth-order valence-electron chi connectivity index (χ4n) is 5.59. The topological polar surface area (TPSA) is 89.0 Å². The zero-order chi connectivity index (χ0) is 24.2. The van der Waals surface area contributed by atoms with Crippen LogP contribution in [0.4, 0.5) is 0 Å². The molecule has 1 amide bonds. The molecule has 8 heteroatoms. The molecule has 2 aliphatic heterocycles. The molecule has 2 aromatic heterocycles. The van der Waals surface area contributed by atoms with Crippen molar-refractivity contribution in [3.8, 4) is 6.07 Å². The number of likely N-dealkylation sites (tertiary alicyclic amines) is 1. The number of amides is 1. The molecule has 1 saturated heterocycles. The van der Waals surface area contributed by atoms with Gasteiger partial charge in [0.25, 0.3) is 5.91 Å². The van der Waals surface area contributed by atoms with Gasteiger partial charge in [0.15, 0.2) is 0 Å². The van der Waals surface area contributed by atoms with Crippen LogP contribution in [0.25, 0.3) is 6.08 Å². The number of aromatic nitrogens is 4. The summed E-state index contributed by atoms with van der Waals surface area (Å²) in [6, 6.07) is 4.38. The van der Waals surface area contributed by atoms with E-state index in [2.05, 4.69) is 32.3 Å². The van der Waals surface area contributed by atoms with Gasteiger partial charge in [-0.3, -0.25) is 4.79 Å². The van der Waals surface area contributed by atoms with Gasteiger partial charge < -0.3 is 18.8 Å². The number of piperidine rings is 1. The van der Waals surface area contributed by atoms with Crippen LogP contribution < -0.4 is 0 Å². The highest BCUT2D eigenvalue weighted by Gasteiger charge is 2.31. The maximum Gasteiger partial charge on any atom is 0.264 e. The van der Waals surface area contributed by atoms with Crippen molar-refractivity contribution in [1.29, 1.82) is 5.26 Å². The summed E-state index contributed by atoms with van der Waals surface area (Å²) < 4.78 is 9.80. The minimum atomic E-state index is -0.197. The lowest BCUT2D eigenvalue weighted by molar-refractivity contribution is -0.127. The summed E-state index contributed by atoms with van der Waals surface area (Å²) in [7, 11) is 1.70. The van der Waals surface area contributed by atoms with Crippen LogP contribution in [-0.2, 0) is 22.5 Å². The quantitative estimate of drug-likeness (QED) is 0.477. The van der Waals surface area contributed by atoms with E-state index in [-0.39, 0.29) is 23.4 Å². The third-order valence-electron chi connectivity index (χ3n) is 7.23. The Labute approximate surface area is 202 Å². The lowest BCUT2D eigenvalue weighted by atomic mass is 9.96. The van der Waals surface area contributed by atoms with Crippen molar-refractivity contribution >= 4 is 12.0 Å². The highest BCUT2D eigenvalue weighted by molar-refractivity contribution is 6.01. The number of ether oxygens (including phenoxy) is 1. The van der Waals surface area contributed by atoms with E-state index in [9.17, 15) is 10.1 Å². The van der Waals surface area contributed by atoms with Gasteiger partial charge in [0.1, 0.15) is 23.3 Å². The average molecular weight is 465 g/mol. The second kappa shape index (κ2) is 10.6. The van der Waals surface area contributed by atoms with Gasteiger partial charge in [0, 0.05) is 50.5 Å². The molecule has 8 nitrogen and oxygen atoms in total. The summed E-state index contributed by atoms with van der Waals surface area (Å²) in [5.41, 5.74) is 3.20. The average Bonchev–Trinajstić information content (AvgIpc) is 3.26. The molecule has 2 atom stereocenters. The van der Waals surface area contributed by atoms with Crippen LogP contribution in [0.15, 0.2) is 11.6 Å². The van der Waals surface area contributed by atoms with Gasteiger partial charge in [-0.25, -0.2) is 0 Å². The first-order chi connectivity index (χ1) is 16.4. The SMILES string of the molecule is COCC(C)n1c(C)cc(/C=C(\C#N)C(=O)N2CCCC(c3nnc4n3CCCCC4)C2)c1C. The number of nitriles is 1. The highest BCUT2D eigenvalue weighted by Crippen LogP contribution is 2.29. The number of nitrogens with zero attached hydrogens (tertiary/aromatic N) is 6. The van der Waals surface area contributed by atoms with E-state index in [1.54, 1.807) is 13.2 Å². The molecule has 0 N–H and O–H groups in total. The Balaban J connectivity index is 1.54. The van der Waals surface area contributed by atoms with Gasteiger partial charge >= 0.3 is 0 Å². The van der Waals surface area contributed by atoms with E-state index in [0.717, 1.165) is 67.2 Å². The molecular formula is C26H36N6O2. The molecule has 4 heterocycles. The summed E-state index contributed by atoms with van der Waals surface area (Å²) in [6.07, 6.45) is 8.15. The predicted molar refractivity (Wildman–Crippen MR) is 130 cm³/mol. The summed E-state index contributed by atoms with van der Waals surface area (Å²) in [4.78, 5) is 15.2. The van der Waals surface area contributed by atoms with Crippen molar-refractivity contribution in [2.45, 2.75) is 77.8 Å². The van der Waals surface area contributed by atoms with Crippen LogP contribution in [0.2, 0.25) is 0 Å².